The maximum Gasteiger partial charge on any atom is 0.227 e. The fourth-order valence-electron chi connectivity index (χ4n) is 2.86. The van der Waals surface area contributed by atoms with E-state index in [-0.39, 0.29) is 11.8 Å². The first-order valence-electron chi connectivity index (χ1n) is 8.70. The van der Waals surface area contributed by atoms with Crippen molar-refractivity contribution in [3.05, 3.63) is 40.4 Å². The van der Waals surface area contributed by atoms with Gasteiger partial charge in [0, 0.05) is 34.9 Å². The lowest BCUT2D eigenvalue weighted by Gasteiger charge is -2.26. The molecule has 138 valence electrons. The van der Waals surface area contributed by atoms with Crippen LogP contribution in [0.3, 0.4) is 0 Å². The standard InChI is InChI=1S/C19H23N3O2S2/c1-12(2)25-15-6-4-14(5-7-15)10-18(24)22-9-8-16-17(11-22)26-19(21-16)20-13(3)23/h4-7,12H,8-11H2,1-3H3,(H,20,21,23). The van der Waals surface area contributed by atoms with Gasteiger partial charge in [0.25, 0.3) is 0 Å². The summed E-state index contributed by atoms with van der Waals surface area (Å²) in [5.41, 5.74) is 2.04. The lowest BCUT2D eigenvalue weighted by Crippen LogP contribution is -2.36. The molecular weight excluding hydrogens is 366 g/mol. The van der Waals surface area contributed by atoms with Gasteiger partial charge in [-0.05, 0) is 17.7 Å². The number of thioether (sulfide) groups is 1. The van der Waals surface area contributed by atoms with Gasteiger partial charge >= 0.3 is 0 Å². The smallest absolute Gasteiger partial charge is 0.227 e. The van der Waals surface area contributed by atoms with Crippen LogP contribution in [-0.2, 0) is 29.0 Å². The highest BCUT2D eigenvalue weighted by molar-refractivity contribution is 7.99. The van der Waals surface area contributed by atoms with E-state index in [4.69, 9.17) is 0 Å². The average molecular weight is 390 g/mol. The fraction of sp³-hybridized carbons (Fsp3) is 0.421. The Kier molecular flexibility index (Phi) is 5.98. The molecule has 1 N–H and O–H groups in total. The van der Waals surface area contributed by atoms with Gasteiger partial charge in [0.1, 0.15) is 0 Å². The summed E-state index contributed by atoms with van der Waals surface area (Å²) in [5, 5.41) is 3.90. The van der Waals surface area contributed by atoms with Gasteiger partial charge in [0.05, 0.1) is 18.7 Å². The van der Waals surface area contributed by atoms with E-state index in [0.717, 1.165) is 22.6 Å². The second-order valence-corrected chi connectivity index (χ2v) is 9.36. The van der Waals surface area contributed by atoms with Crippen LogP contribution < -0.4 is 5.32 Å². The third-order valence-corrected chi connectivity index (χ3v) is 6.03. The van der Waals surface area contributed by atoms with Gasteiger partial charge in [-0.25, -0.2) is 4.98 Å². The van der Waals surface area contributed by atoms with Gasteiger partial charge in [0.15, 0.2) is 5.13 Å². The minimum Gasteiger partial charge on any atom is -0.337 e. The number of benzene rings is 1. The molecule has 2 amide bonds. The van der Waals surface area contributed by atoms with Gasteiger partial charge < -0.3 is 10.2 Å². The SMILES string of the molecule is CC(=O)Nc1nc2c(s1)CN(C(=O)Cc1ccc(SC(C)C)cc1)CC2. The molecule has 0 saturated heterocycles. The normalized spacial score (nSPS) is 13.6. The third-order valence-electron chi connectivity index (χ3n) is 4.02. The van der Waals surface area contributed by atoms with Crippen molar-refractivity contribution in [2.45, 2.75) is 50.3 Å². The van der Waals surface area contributed by atoms with Crippen molar-refractivity contribution in [3.63, 3.8) is 0 Å². The topological polar surface area (TPSA) is 62.3 Å². The van der Waals surface area contributed by atoms with Crippen molar-refractivity contribution in [2.24, 2.45) is 0 Å². The number of carbonyl (C=O) groups excluding carboxylic acids is 2. The molecule has 3 rings (SSSR count). The first-order valence-corrected chi connectivity index (χ1v) is 10.4. The summed E-state index contributed by atoms with van der Waals surface area (Å²) < 4.78 is 0. The number of nitrogens with zero attached hydrogens (tertiary/aromatic N) is 2. The van der Waals surface area contributed by atoms with Crippen LogP contribution in [0.4, 0.5) is 5.13 Å². The number of anilines is 1. The van der Waals surface area contributed by atoms with Gasteiger partial charge in [0.2, 0.25) is 11.8 Å². The number of rotatable bonds is 5. The Balaban J connectivity index is 1.60. The van der Waals surface area contributed by atoms with Crippen LogP contribution in [0, 0.1) is 0 Å². The summed E-state index contributed by atoms with van der Waals surface area (Å²) in [4.78, 5) is 32.5. The molecule has 0 atom stereocenters. The molecule has 5 nitrogen and oxygen atoms in total. The highest BCUT2D eigenvalue weighted by Crippen LogP contribution is 2.29. The Morgan fingerprint density at radius 3 is 2.69 bits per heavy atom. The average Bonchev–Trinajstić information content (AvgIpc) is 2.96. The fourth-order valence-corrected chi connectivity index (χ4v) is 4.76. The molecule has 0 bridgehead atoms. The Morgan fingerprint density at radius 2 is 2.04 bits per heavy atom. The number of hydrogen-bond donors (Lipinski definition) is 1. The summed E-state index contributed by atoms with van der Waals surface area (Å²) in [5.74, 6) is 0.0116. The van der Waals surface area contributed by atoms with E-state index in [1.807, 2.05) is 28.8 Å². The zero-order valence-corrected chi connectivity index (χ0v) is 16.9. The second-order valence-electron chi connectivity index (χ2n) is 6.62. The van der Waals surface area contributed by atoms with Crippen LogP contribution in [0.1, 0.15) is 36.9 Å². The van der Waals surface area contributed by atoms with Crippen molar-refractivity contribution in [1.82, 2.24) is 9.88 Å². The number of fused-ring (bicyclic) bond motifs is 1. The highest BCUT2D eigenvalue weighted by atomic mass is 32.2. The number of thiazole rings is 1. The summed E-state index contributed by atoms with van der Waals surface area (Å²) in [6.45, 7) is 7.07. The molecule has 0 fully saturated rings. The second kappa shape index (κ2) is 8.22. The van der Waals surface area contributed by atoms with E-state index < -0.39 is 0 Å². The number of aromatic nitrogens is 1. The van der Waals surface area contributed by atoms with Crippen molar-refractivity contribution in [2.75, 3.05) is 11.9 Å². The van der Waals surface area contributed by atoms with Crippen LogP contribution in [0.25, 0.3) is 0 Å². The Labute approximate surface area is 162 Å². The molecule has 0 radical (unpaired) electrons. The quantitative estimate of drug-likeness (QED) is 0.792. The molecule has 1 aliphatic rings. The van der Waals surface area contributed by atoms with Crippen molar-refractivity contribution in [1.29, 1.82) is 0 Å². The number of hydrogen-bond acceptors (Lipinski definition) is 5. The predicted octanol–water partition coefficient (Wildman–Crippen LogP) is 3.73. The molecule has 2 aromatic rings. The summed E-state index contributed by atoms with van der Waals surface area (Å²) in [7, 11) is 0. The van der Waals surface area contributed by atoms with Crippen molar-refractivity contribution in [3.8, 4) is 0 Å². The molecule has 0 aliphatic carbocycles. The maximum atomic E-state index is 12.7. The molecule has 1 aromatic heterocycles. The zero-order chi connectivity index (χ0) is 18.7. The third kappa shape index (κ3) is 4.86. The Bertz CT molecular complexity index is 800. The van der Waals surface area contributed by atoms with Crippen LogP contribution in [0.2, 0.25) is 0 Å². The molecule has 0 unspecified atom stereocenters. The highest BCUT2D eigenvalue weighted by Gasteiger charge is 2.24. The minimum absolute atomic E-state index is 0.122. The van der Waals surface area contributed by atoms with E-state index in [1.165, 1.54) is 23.2 Å². The largest absolute Gasteiger partial charge is 0.337 e. The monoisotopic (exact) mass is 389 g/mol. The van der Waals surface area contributed by atoms with E-state index in [2.05, 4.69) is 36.3 Å². The van der Waals surface area contributed by atoms with Crippen LogP contribution >= 0.6 is 23.1 Å². The first-order chi connectivity index (χ1) is 12.4. The van der Waals surface area contributed by atoms with Crippen molar-refractivity contribution < 1.29 is 9.59 Å². The summed E-state index contributed by atoms with van der Waals surface area (Å²) >= 11 is 3.28. The molecule has 1 aromatic carbocycles. The summed E-state index contributed by atoms with van der Waals surface area (Å²) in [6, 6.07) is 8.26. The lowest BCUT2D eigenvalue weighted by atomic mass is 10.1. The van der Waals surface area contributed by atoms with E-state index >= 15 is 0 Å². The number of nitrogens with one attached hydrogen (secondary N) is 1. The number of amides is 2. The van der Waals surface area contributed by atoms with Crippen molar-refractivity contribution >= 4 is 40.0 Å². The van der Waals surface area contributed by atoms with E-state index in [0.29, 0.717) is 29.9 Å². The molecular formula is C19H23N3O2S2. The molecule has 1 aliphatic heterocycles. The van der Waals surface area contributed by atoms with Crippen LogP contribution in [0.15, 0.2) is 29.2 Å². The molecule has 7 heteroatoms. The number of carbonyl (C=O) groups is 2. The Morgan fingerprint density at radius 1 is 1.31 bits per heavy atom. The van der Waals surface area contributed by atoms with Gasteiger partial charge in [-0.15, -0.1) is 11.8 Å². The first kappa shape index (κ1) is 18.9. The molecule has 26 heavy (non-hydrogen) atoms. The van der Waals surface area contributed by atoms with Gasteiger partial charge in [-0.2, -0.15) is 0 Å². The van der Waals surface area contributed by atoms with E-state index in [9.17, 15) is 9.59 Å². The maximum absolute atomic E-state index is 12.7. The Hall–Kier alpha value is -1.86. The molecule has 0 spiro atoms. The van der Waals surface area contributed by atoms with Crippen LogP contribution in [0.5, 0.6) is 0 Å². The van der Waals surface area contributed by atoms with Crippen LogP contribution in [-0.4, -0.2) is 33.5 Å². The van der Waals surface area contributed by atoms with E-state index in [1.54, 1.807) is 0 Å². The van der Waals surface area contributed by atoms with Gasteiger partial charge in [-0.1, -0.05) is 37.3 Å². The predicted molar refractivity (Wildman–Crippen MR) is 107 cm³/mol. The molecule has 2 heterocycles. The summed E-state index contributed by atoms with van der Waals surface area (Å²) in [6.07, 6.45) is 1.15. The zero-order valence-electron chi connectivity index (χ0n) is 15.2. The molecule has 0 saturated carbocycles. The lowest BCUT2D eigenvalue weighted by molar-refractivity contribution is -0.131. The minimum atomic E-state index is -0.122. The van der Waals surface area contributed by atoms with Gasteiger partial charge in [-0.3, -0.25) is 9.59 Å².